The normalized spacial score (nSPS) is 17.1. The number of ketones is 1. The van der Waals surface area contributed by atoms with Crippen LogP contribution in [-0.2, 0) is 0 Å². The second-order valence-electron chi connectivity index (χ2n) is 5.95. The lowest BCUT2D eigenvalue weighted by molar-refractivity contribution is 0.0900. The van der Waals surface area contributed by atoms with Crippen molar-refractivity contribution in [3.63, 3.8) is 0 Å². The zero-order chi connectivity index (χ0) is 17.6. The minimum atomic E-state index is -0.416. The average Bonchev–Trinajstić information content (AvgIpc) is 3.17. The van der Waals surface area contributed by atoms with Crippen LogP contribution in [-0.4, -0.2) is 43.4 Å². The van der Waals surface area contributed by atoms with Gasteiger partial charge in [-0.25, -0.2) is 4.98 Å². The number of aromatic nitrogens is 1. The summed E-state index contributed by atoms with van der Waals surface area (Å²) in [5.41, 5.74) is 0.707. The largest absolute Gasteiger partial charge is 0.497 e. The fourth-order valence-electron chi connectivity index (χ4n) is 2.77. The van der Waals surface area contributed by atoms with E-state index < -0.39 is 5.91 Å². The Morgan fingerprint density at radius 3 is 2.84 bits per heavy atom. The maximum atomic E-state index is 12.2. The molecule has 1 unspecified atom stereocenters. The third-order valence-corrected chi connectivity index (χ3v) is 4.22. The highest BCUT2D eigenvalue weighted by Gasteiger charge is 2.22. The summed E-state index contributed by atoms with van der Waals surface area (Å²) >= 11 is 0. The average molecular weight is 343 g/mol. The molecule has 1 saturated heterocycles. The second kappa shape index (κ2) is 7.94. The van der Waals surface area contributed by atoms with Crippen LogP contribution in [0.2, 0.25) is 0 Å². The summed E-state index contributed by atoms with van der Waals surface area (Å²) in [6.45, 7) is 1.70. The lowest BCUT2D eigenvalue weighted by Gasteiger charge is -2.19. The van der Waals surface area contributed by atoms with E-state index in [1.165, 1.54) is 6.26 Å². The molecule has 0 bridgehead atoms. The van der Waals surface area contributed by atoms with Crippen molar-refractivity contribution >= 4 is 11.7 Å². The predicted octanol–water partition coefficient (Wildman–Crippen LogP) is 1.76. The Kier molecular flexibility index (Phi) is 5.45. The zero-order valence-electron chi connectivity index (χ0n) is 14.1. The first-order valence-electron chi connectivity index (χ1n) is 8.29. The first-order valence-corrected chi connectivity index (χ1v) is 8.29. The molecular weight excluding hydrogens is 322 g/mol. The second-order valence-corrected chi connectivity index (χ2v) is 5.95. The number of benzene rings is 1. The van der Waals surface area contributed by atoms with Crippen molar-refractivity contribution in [2.75, 3.05) is 26.7 Å². The van der Waals surface area contributed by atoms with Crippen LogP contribution in [0.25, 0.3) is 0 Å². The number of piperidine rings is 1. The number of Topliss-reactive ketones (excluding diaryl/α,β-unsaturated/α-hetero) is 1. The molecule has 2 heterocycles. The Morgan fingerprint density at radius 2 is 2.16 bits per heavy atom. The summed E-state index contributed by atoms with van der Waals surface area (Å²) in [7, 11) is 1.56. The van der Waals surface area contributed by atoms with E-state index >= 15 is 0 Å². The van der Waals surface area contributed by atoms with Gasteiger partial charge in [0.15, 0.2) is 17.4 Å². The van der Waals surface area contributed by atoms with Crippen LogP contribution in [0, 0.1) is 0 Å². The molecule has 3 rings (SSSR count). The van der Waals surface area contributed by atoms with Gasteiger partial charge in [-0.3, -0.25) is 9.59 Å². The monoisotopic (exact) mass is 343 g/mol. The van der Waals surface area contributed by atoms with E-state index in [9.17, 15) is 9.59 Å². The minimum absolute atomic E-state index is 0.0989. The van der Waals surface area contributed by atoms with Crippen molar-refractivity contribution in [3.05, 3.63) is 47.7 Å². The molecule has 2 N–H and O–H groups in total. The van der Waals surface area contributed by atoms with Crippen LogP contribution >= 0.6 is 0 Å². The SMILES string of the molecule is COc1ccc(C(=O)CNC(=O)c2coc(C3CCCNC3)n2)cc1. The Balaban J connectivity index is 1.55. The van der Waals surface area contributed by atoms with E-state index in [1.807, 2.05) is 0 Å². The van der Waals surface area contributed by atoms with Crippen molar-refractivity contribution < 1.29 is 18.7 Å². The lowest BCUT2D eigenvalue weighted by Crippen LogP contribution is -2.30. The highest BCUT2D eigenvalue weighted by atomic mass is 16.5. The molecule has 132 valence electrons. The van der Waals surface area contributed by atoms with Crippen LogP contribution in [0.5, 0.6) is 5.75 Å². The fraction of sp³-hybridized carbons (Fsp3) is 0.389. The van der Waals surface area contributed by atoms with Crippen LogP contribution < -0.4 is 15.4 Å². The Labute approximate surface area is 145 Å². The number of nitrogens with one attached hydrogen (secondary N) is 2. The lowest BCUT2D eigenvalue weighted by atomic mass is 10.00. The molecule has 1 aliphatic heterocycles. The first kappa shape index (κ1) is 17.2. The first-order chi connectivity index (χ1) is 12.2. The van der Waals surface area contributed by atoms with E-state index in [0.717, 1.165) is 25.9 Å². The van der Waals surface area contributed by atoms with E-state index in [2.05, 4.69) is 15.6 Å². The van der Waals surface area contributed by atoms with Gasteiger partial charge in [0.25, 0.3) is 5.91 Å². The number of carbonyl (C=O) groups is 2. The van der Waals surface area contributed by atoms with Crippen LogP contribution in [0.1, 0.15) is 45.5 Å². The van der Waals surface area contributed by atoms with Crippen molar-refractivity contribution in [1.82, 2.24) is 15.6 Å². The molecule has 1 aliphatic rings. The van der Waals surface area contributed by atoms with Crippen LogP contribution in [0.15, 0.2) is 34.9 Å². The quantitative estimate of drug-likeness (QED) is 0.777. The summed E-state index contributed by atoms with van der Waals surface area (Å²) in [4.78, 5) is 28.5. The van der Waals surface area contributed by atoms with Gasteiger partial charge in [-0.05, 0) is 43.7 Å². The fourth-order valence-corrected chi connectivity index (χ4v) is 2.77. The number of nitrogens with zero attached hydrogens (tertiary/aromatic N) is 1. The van der Waals surface area contributed by atoms with Gasteiger partial charge in [0.1, 0.15) is 12.0 Å². The van der Waals surface area contributed by atoms with Crippen molar-refractivity contribution in [1.29, 1.82) is 0 Å². The number of oxazole rings is 1. The topological polar surface area (TPSA) is 93.5 Å². The number of ether oxygens (including phenoxy) is 1. The van der Waals surface area contributed by atoms with Gasteiger partial charge in [0, 0.05) is 18.0 Å². The molecule has 1 fully saturated rings. The number of hydrogen-bond acceptors (Lipinski definition) is 6. The summed E-state index contributed by atoms with van der Waals surface area (Å²) in [6, 6.07) is 6.74. The molecule has 2 aromatic rings. The standard InChI is InChI=1S/C18H21N3O4/c1-24-14-6-4-12(5-7-14)16(22)10-20-17(23)15-11-25-18(21-15)13-3-2-8-19-9-13/h4-7,11,13,19H,2-3,8-10H2,1H3,(H,20,23). The molecule has 0 aliphatic carbocycles. The van der Waals surface area contributed by atoms with Crippen molar-refractivity contribution in [2.24, 2.45) is 0 Å². The van der Waals surface area contributed by atoms with Crippen molar-refractivity contribution in [3.8, 4) is 5.75 Å². The molecule has 1 amide bonds. The van der Waals surface area contributed by atoms with E-state index in [1.54, 1.807) is 31.4 Å². The summed E-state index contributed by atoms with van der Waals surface area (Å²) in [6.07, 6.45) is 3.40. The molecule has 1 aromatic heterocycles. The molecule has 7 nitrogen and oxygen atoms in total. The molecule has 25 heavy (non-hydrogen) atoms. The zero-order valence-corrected chi connectivity index (χ0v) is 14.1. The van der Waals surface area contributed by atoms with Gasteiger partial charge in [-0.2, -0.15) is 0 Å². The van der Waals surface area contributed by atoms with Gasteiger partial charge < -0.3 is 19.8 Å². The number of amides is 1. The summed E-state index contributed by atoms with van der Waals surface area (Å²) in [5.74, 6) is 0.833. The van der Waals surface area contributed by atoms with E-state index in [0.29, 0.717) is 17.2 Å². The van der Waals surface area contributed by atoms with Gasteiger partial charge in [-0.1, -0.05) is 0 Å². The molecule has 0 saturated carbocycles. The molecule has 7 heteroatoms. The maximum absolute atomic E-state index is 12.2. The Hall–Kier alpha value is -2.67. The Morgan fingerprint density at radius 1 is 1.36 bits per heavy atom. The Bertz CT molecular complexity index is 733. The summed E-state index contributed by atoms with van der Waals surface area (Å²) < 4.78 is 10.5. The molecule has 0 radical (unpaired) electrons. The molecular formula is C18H21N3O4. The highest BCUT2D eigenvalue weighted by molar-refractivity contribution is 6.01. The number of rotatable bonds is 6. The van der Waals surface area contributed by atoms with E-state index in [-0.39, 0.29) is 23.9 Å². The van der Waals surface area contributed by atoms with Crippen LogP contribution in [0.3, 0.4) is 0 Å². The molecule has 1 atom stereocenters. The number of methoxy groups -OCH3 is 1. The van der Waals surface area contributed by atoms with E-state index in [4.69, 9.17) is 9.15 Å². The van der Waals surface area contributed by atoms with Gasteiger partial charge in [0.2, 0.25) is 0 Å². The minimum Gasteiger partial charge on any atom is -0.497 e. The van der Waals surface area contributed by atoms with Gasteiger partial charge >= 0.3 is 0 Å². The molecule has 0 spiro atoms. The molecule has 1 aromatic carbocycles. The smallest absolute Gasteiger partial charge is 0.273 e. The highest BCUT2D eigenvalue weighted by Crippen LogP contribution is 2.22. The van der Waals surface area contributed by atoms with Crippen molar-refractivity contribution in [2.45, 2.75) is 18.8 Å². The third-order valence-electron chi connectivity index (χ3n) is 4.22. The number of carbonyl (C=O) groups excluding carboxylic acids is 2. The third kappa shape index (κ3) is 4.24. The predicted molar refractivity (Wildman–Crippen MR) is 91.0 cm³/mol. The summed E-state index contributed by atoms with van der Waals surface area (Å²) in [5, 5.41) is 5.87. The van der Waals surface area contributed by atoms with Crippen LogP contribution in [0.4, 0.5) is 0 Å². The van der Waals surface area contributed by atoms with Gasteiger partial charge in [0.05, 0.1) is 13.7 Å². The van der Waals surface area contributed by atoms with Gasteiger partial charge in [-0.15, -0.1) is 0 Å². The number of hydrogen-bond donors (Lipinski definition) is 2. The maximum Gasteiger partial charge on any atom is 0.273 e.